The van der Waals surface area contributed by atoms with Crippen LogP contribution in [0.2, 0.25) is 5.02 Å². The number of hydrogen-bond donors (Lipinski definition) is 3. The predicted octanol–water partition coefficient (Wildman–Crippen LogP) is 2.57. The van der Waals surface area contributed by atoms with E-state index in [0.29, 0.717) is 13.2 Å². The Morgan fingerprint density at radius 3 is 2.78 bits per heavy atom. The lowest BCUT2D eigenvalue weighted by atomic mass is 10.1. The molecule has 0 spiro atoms. The van der Waals surface area contributed by atoms with Crippen LogP contribution in [0.15, 0.2) is 48.8 Å². The molecular weight excluding hydrogens is 432 g/mol. The zero-order chi connectivity index (χ0) is 19.1. The Hall–Kier alpha value is -1.51. The molecule has 1 fully saturated rings. The minimum Gasteiger partial charge on any atom is -0.360 e. The lowest BCUT2D eigenvalue weighted by molar-refractivity contribution is -0.129. The van der Waals surface area contributed by atoms with Crippen LogP contribution in [0.4, 0.5) is 0 Å². The highest BCUT2D eigenvalue weighted by molar-refractivity contribution is 9.10. The van der Waals surface area contributed by atoms with Crippen molar-refractivity contribution in [3.8, 4) is 0 Å². The van der Waals surface area contributed by atoms with Gasteiger partial charge in [-0.15, -0.1) is 0 Å². The average molecular weight is 454 g/mol. The van der Waals surface area contributed by atoms with Gasteiger partial charge in [0.05, 0.1) is 6.04 Å². The number of rotatable bonds is 8. The van der Waals surface area contributed by atoms with E-state index < -0.39 is 4.83 Å². The number of pyridine rings is 1. The number of hydrazine groups is 1. The Labute approximate surface area is 172 Å². The molecular formula is C19H22BrClN4O2. The van der Waals surface area contributed by atoms with Gasteiger partial charge in [0.15, 0.2) is 0 Å². The molecule has 3 rings (SSSR count). The first-order valence-corrected chi connectivity index (χ1v) is 10.1. The fourth-order valence-corrected chi connectivity index (χ4v) is 3.55. The van der Waals surface area contributed by atoms with E-state index in [1.165, 1.54) is 5.56 Å². The second kappa shape index (κ2) is 10.1. The fourth-order valence-electron chi connectivity index (χ4n) is 2.85. The van der Waals surface area contributed by atoms with Crippen molar-refractivity contribution in [1.29, 1.82) is 0 Å². The summed E-state index contributed by atoms with van der Waals surface area (Å²) in [5.74, 6) is -0.125. The Morgan fingerprint density at radius 2 is 2.04 bits per heavy atom. The number of benzene rings is 1. The summed E-state index contributed by atoms with van der Waals surface area (Å²) in [4.78, 5) is 15.7. The Morgan fingerprint density at radius 1 is 1.22 bits per heavy atom. The minimum atomic E-state index is -0.392. The maximum atomic E-state index is 12.0. The number of amides is 1. The highest BCUT2D eigenvalue weighted by atomic mass is 79.9. The lowest BCUT2D eigenvalue weighted by Crippen LogP contribution is -2.67. The van der Waals surface area contributed by atoms with Gasteiger partial charge in [-0.2, -0.15) is 0 Å². The molecule has 8 heteroatoms. The Balaban J connectivity index is 1.50. The standard InChI is InChI=1S/C19H22BrClN4O2/c20-16-17(23-12-14-3-1-9-22-11-14)19(25-24-18(16)26)27-10-2-4-13-5-7-15(21)8-6-13/h1,3,5-9,11,16-17,19,23,25H,2,4,10,12H2,(H,24,26). The van der Waals surface area contributed by atoms with Gasteiger partial charge in [-0.25, -0.2) is 5.43 Å². The van der Waals surface area contributed by atoms with Crippen molar-refractivity contribution in [2.75, 3.05) is 6.61 Å². The lowest BCUT2D eigenvalue weighted by Gasteiger charge is -2.36. The van der Waals surface area contributed by atoms with Gasteiger partial charge in [0, 0.05) is 30.6 Å². The number of nitrogens with zero attached hydrogens (tertiary/aromatic N) is 1. The highest BCUT2D eigenvalue weighted by Gasteiger charge is 2.37. The second-order valence-electron chi connectivity index (χ2n) is 6.32. The normalized spacial score (nSPS) is 22.4. The summed E-state index contributed by atoms with van der Waals surface area (Å²) in [5.41, 5.74) is 7.86. The van der Waals surface area contributed by atoms with Crippen LogP contribution >= 0.6 is 27.5 Å². The van der Waals surface area contributed by atoms with E-state index in [9.17, 15) is 4.79 Å². The molecule has 144 valence electrons. The van der Waals surface area contributed by atoms with E-state index in [4.69, 9.17) is 16.3 Å². The molecule has 6 nitrogen and oxygen atoms in total. The zero-order valence-corrected chi connectivity index (χ0v) is 17.0. The molecule has 2 heterocycles. The van der Waals surface area contributed by atoms with Crippen molar-refractivity contribution in [2.45, 2.75) is 36.5 Å². The highest BCUT2D eigenvalue weighted by Crippen LogP contribution is 2.16. The summed E-state index contributed by atoms with van der Waals surface area (Å²) in [6.45, 7) is 1.17. The van der Waals surface area contributed by atoms with E-state index in [1.807, 2.05) is 36.4 Å². The molecule has 1 aromatic heterocycles. The van der Waals surface area contributed by atoms with Crippen molar-refractivity contribution in [3.63, 3.8) is 0 Å². The van der Waals surface area contributed by atoms with Crippen molar-refractivity contribution >= 4 is 33.4 Å². The summed E-state index contributed by atoms with van der Waals surface area (Å²) < 4.78 is 5.99. The van der Waals surface area contributed by atoms with E-state index in [1.54, 1.807) is 12.4 Å². The van der Waals surface area contributed by atoms with Crippen LogP contribution in [0, 0.1) is 0 Å². The molecule has 0 saturated carbocycles. The first-order chi connectivity index (χ1) is 13.1. The van der Waals surface area contributed by atoms with Crippen LogP contribution in [0.5, 0.6) is 0 Å². The van der Waals surface area contributed by atoms with Crippen LogP contribution < -0.4 is 16.2 Å². The van der Waals surface area contributed by atoms with Crippen molar-refractivity contribution < 1.29 is 9.53 Å². The monoisotopic (exact) mass is 452 g/mol. The van der Waals surface area contributed by atoms with Crippen molar-refractivity contribution in [1.82, 2.24) is 21.2 Å². The third-order valence-corrected chi connectivity index (χ3v) is 5.55. The molecule has 1 aliphatic rings. The molecule has 3 atom stereocenters. The number of carbonyl (C=O) groups excluding carboxylic acids is 1. The summed E-state index contributed by atoms with van der Waals surface area (Å²) >= 11 is 9.37. The van der Waals surface area contributed by atoms with Crippen LogP contribution in [0.25, 0.3) is 0 Å². The molecule has 3 N–H and O–H groups in total. The largest absolute Gasteiger partial charge is 0.360 e. The quantitative estimate of drug-likeness (QED) is 0.423. The topological polar surface area (TPSA) is 75.3 Å². The Bertz CT molecular complexity index is 732. The van der Waals surface area contributed by atoms with Gasteiger partial charge in [-0.1, -0.05) is 45.7 Å². The number of aromatic nitrogens is 1. The maximum Gasteiger partial charge on any atom is 0.249 e. The number of aryl methyl sites for hydroxylation is 1. The van der Waals surface area contributed by atoms with E-state index >= 15 is 0 Å². The van der Waals surface area contributed by atoms with Gasteiger partial charge in [-0.3, -0.25) is 15.2 Å². The van der Waals surface area contributed by atoms with Crippen molar-refractivity contribution in [3.05, 3.63) is 64.9 Å². The number of alkyl halides is 1. The van der Waals surface area contributed by atoms with Gasteiger partial charge in [0.25, 0.3) is 0 Å². The third kappa shape index (κ3) is 5.99. The molecule has 0 aliphatic carbocycles. The average Bonchev–Trinajstić information content (AvgIpc) is 2.69. The van der Waals surface area contributed by atoms with Crippen LogP contribution in [0.1, 0.15) is 17.5 Å². The van der Waals surface area contributed by atoms with Gasteiger partial charge in [0.2, 0.25) is 5.91 Å². The number of nitrogens with one attached hydrogen (secondary N) is 3. The van der Waals surface area contributed by atoms with E-state index in [2.05, 4.69) is 37.1 Å². The van der Waals surface area contributed by atoms with Gasteiger partial charge in [-0.05, 0) is 42.2 Å². The van der Waals surface area contributed by atoms with Crippen molar-refractivity contribution in [2.24, 2.45) is 0 Å². The number of carbonyl (C=O) groups is 1. The molecule has 1 aromatic carbocycles. The predicted molar refractivity (Wildman–Crippen MR) is 108 cm³/mol. The van der Waals surface area contributed by atoms with E-state index in [0.717, 1.165) is 23.4 Å². The Kier molecular flexibility index (Phi) is 7.60. The summed E-state index contributed by atoms with van der Waals surface area (Å²) in [6.07, 6.45) is 4.97. The molecule has 3 unspecified atom stereocenters. The van der Waals surface area contributed by atoms with Crippen LogP contribution in [0.3, 0.4) is 0 Å². The zero-order valence-electron chi connectivity index (χ0n) is 14.7. The first kappa shape index (κ1) is 20.2. The fraction of sp³-hybridized carbons (Fsp3) is 0.368. The van der Waals surface area contributed by atoms with Gasteiger partial charge >= 0.3 is 0 Å². The smallest absolute Gasteiger partial charge is 0.249 e. The van der Waals surface area contributed by atoms with E-state index in [-0.39, 0.29) is 18.2 Å². The molecule has 0 radical (unpaired) electrons. The molecule has 1 saturated heterocycles. The molecule has 27 heavy (non-hydrogen) atoms. The second-order valence-corrected chi connectivity index (χ2v) is 7.75. The SMILES string of the molecule is O=C1NNC(OCCCc2ccc(Cl)cc2)C(NCc2cccnc2)C1Br. The minimum absolute atomic E-state index is 0.125. The van der Waals surface area contributed by atoms with Gasteiger partial charge < -0.3 is 10.1 Å². The number of halogens is 2. The summed E-state index contributed by atoms with van der Waals surface area (Å²) in [7, 11) is 0. The van der Waals surface area contributed by atoms with Gasteiger partial charge in [0.1, 0.15) is 11.1 Å². The summed E-state index contributed by atoms with van der Waals surface area (Å²) in [5, 5.41) is 4.12. The van der Waals surface area contributed by atoms with Crippen LogP contribution in [-0.4, -0.2) is 34.6 Å². The molecule has 2 aromatic rings. The third-order valence-electron chi connectivity index (χ3n) is 4.31. The number of ether oxygens (including phenoxy) is 1. The number of hydrogen-bond acceptors (Lipinski definition) is 5. The molecule has 1 aliphatic heterocycles. The molecule has 0 bridgehead atoms. The van der Waals surface area contributed by atoms with Crippen LogP contribution in [-0.2, 0) is 22.5 Å². The maximum absolute atomic E-state index is 12.0. The summed E-state index contributed by atoms with van der Waals surface area (Å²) in [6, 6.07) is 11.5. The first-order valence-electron chi connectivity index (χ1n) is 8.81. The molecule has 1 amide bonds.